The molecule has 140 valence electrons. The van der Waals surface area contributed by atoms with E-state index in [0.717, 1.165) is 32.4 Å². The highest BCUT2D eigenvalue weighted by atomic mass is 16.3. The van der Waals surface area contributed by atoms with Crippen molar-refractivity contribution in [2.24, 2.45) is 13.0 Å². The molecule has 2 fully saturated rings. The summed E-state index contributed by atoms with van der Waals surface area (Å²) < 4.78 is 1.87. The fourth-order valence-electron chi connectivity index (χ4n) is 3.91. The number of aryl methyl sites for hydroxylation is 1. The van der Waals surface area contributed by atoms with Gasteiger partial charge < -0.3 is 24.8 Å². The van der Waals surface area contributed by atoms with Crippen molar-refractivity contribution in [3.63, 3.8) is 0 Å². The Kier molecular flexibility index (Phi) is 6.31. The van der Waals surface area contributed by atoms with Gasteiger partial charge >= 0.3 is 6.03 Å². The first-order valence-electron chi connectivity index (χ1n) is 9.55. The molecule has 0 spiro atoms. The third kappa shape index (κ3) is 4.73. The van der Waals surface area contributed by atoms with Crippen LogP contribution >= 0.6 is 0 Å². The lowest BCUT2D eigenvalue weighted by molar-refractivity contribution is 0.0584. The van der Waals surface area contributed by atoms with Crippen LogP contribution in [0.1, 0.15) is 44.0 Å². The second-order valence-electron chi connectivity index (χ2n) is 7.30. The minimum absolute atomic E-state index is 0.0337. The highest BCUT2D eigenvalue weighted by Crippen LogP contribution is 2.29. The number of amides is 2. The molecule has 0 aromatic carbocycles. The number of carbonyl (C=O) groups is 1. The quantitative estimate of drug-likeness (QED) is 0.761. The number of aromatic nitrogens is 2. The van der Waals surface area contributed by atoms with E-state index in [-0.39, 0.29) is 11.9 Å². The maximum atomic E-state index is 12.3. The first kappa shape index (κ1) is 18.2. The van der Waals surface area contributed by atoms with Gasteiger partial charge in [-0.1, -0.05) is 0 Å². The Morgan fingerprint density at radius 1 is 1.32 bits per heavy atom. The fraction of sp³-hybridized carbons (Fsp3) is 0.778. The summed E-state index contributed by atoms with van der Waals surface area (Å²) in [6, 6.07) is 0.0337. The molecule has 2 aliphatic heterocycles. The second kappa shape index (κ2) is 8.67. The molecule has 1 aromatic heterocycles. The molecule has 1 aromatic rings. The molecule has 2 saturated heterocycles. The van der Waals surface area contributed by atoms with E-state index < -0.39 is 6.10 Å². The van der Waals surface area contributed by atoms with Crippen LogP contribution in [-0.2, 0) is 7.05 Å². The van der Waals surface area contributed by atoms with Gasteiger partial charge in [0.1, 0.15) is 11.9 Å². The highest BCUT2D eigenvalue weighted by Gasteiger charge is 2.29. The topological polar surface area (TPSA) is 73.6 Å². The Morgan fingerprint density at radius 2 is 2.04 bits per heavy atom. The molecule has 7 heteroatoms. The average Bonchev–Trinajstić information content (AvgIpc) is 3.29. The molecular formula is C18H31N5O2. The number of urea groups is 1. The van der Waals surface area contributed by atoms with Crippen LogP contribution in [0.15, 0.2) is 12.4 Å². The van der Waals surface area contributed by atoms with Crippen LogP contribution in [0.25, 0.3) is 0 Å². The van der Waals surface area contributed by atoms with Gasteiger partial charge in [0, 0.05) is 39.1 Å². The van der Waals surface area contributed by atoms with Crippen LogP contribution < -0.4 is 5.32 Å². The molecule has 7 nitrogen and oxygen atoms in total. The zero-order valence-corrected chi connectivity index (χ0v) is 15.2. The predicted octanol–water partition coefficient (Wildman–Crippen LogP) is 1.36. The van der Waals surface area contributed by atoms with Gasteiger partial charge in [0.25, 0.3) is 0 Å². The number of carbonyl (C=O) groups excluding carboxylic acids is 1. The Bertz CT molecular complexity index is 547. The van der Waals surface area contributed by atoms with E-state index in [4.69, 9.17) is 0 Å². The van der Waals surface area contributed by atoms with Crippen LogP contribution in [0.3, 0.4) is 0 Å². The molecule has 3 heterocycles. The number of aliphatic hydroxyl groups excluding tert-OH is 1. The molecule has 2 amide bonds. The average molecular weight is 349 g/mol. The number of piperidine rings is 1. The summed E-state index contributed by atoms with van der Waals surface area (Å²) in [5.41, 5.74) is 0. The van der Waals surface area contributed by atoms with Crippen LogP contribution in [0, 0.1) is 5.92 Å². The largest absolute Gasteiger partial charge is 0.385 e. The highest BCUT2D eigenvalue weighted by molar-refractivity contribution is 5.74. The lowest BCUT2D eigenvalue weighted by atomic mass is 9.91. The molecule has 1 atom stereocenters. The molecule has 3 rings (SSSR count). The van der Waals surface area contributed by atoms with Crippen molar-refractivity contribution in [2.75, 3.05) is 39.3 Å². The van der Waals surface area contributed by atoms with Crippen LogP contribution in [0.2, 0.25) is 0 Å². The van der Waals surface area contributed by atoms with E-state index in [1.165, 1.54) is 25.9 Å². The normalized spacial score (nSPS) is 20.8. The Morgan fingerprint density at radius 3 is 2.68 bits per heavy atom. The summed E-state index contributed by atoms with van der Waals surface area (Å²) in [5, 5.41) is 13.5. The number of aliphatic hydroxyl groups is 1. The maximum Gasteiger partial charge on any atom is 0.317 e. The minimum Gasteiger partial charge on any atom is -0.385 e. The van der Waals surface area contributed by atoms with Crippen LogP contribution in [-0.4, -0.2) is 69.8 Å². The number of nitrogens with zero attached hydrogens (tertiary/aromatic N) is 4. The van der Waals surface area contributed by atoms with Gasteiger partial charge in [0.05, 0.1) is 0 Å². The molecular weight excluding hydrogens is 318 g/mol. The lowest BCUT2D eigenvalue weighted by Crippen LogP contribution is -2.45. The van der Waals surface area contributed by atoms with Gasteiger partial charge in [-0.3, -0.25) is 0 Å². The molecule has 0 bridgehead atoms. The van der Waals surface area contributed by atoms with Gasteiger partial charge in [0.2, 0.25) is 0 Å². The van der Waals surface area contributed by atoms with Crippen LogP contribution in [0.5, 0.6) is 0 Å². The van der Waals surface area contributed by atoms with E-state index in [0.29, 0.717) is 18.9 Å². The number of likely N-dealkylation sites (tertiary alicyclic amines) is 2. The zero-order valence-electron chi connectivity index (χ0n) is 15.2. The SMILES string of the molecule is Cn1ccnc1[C@H](O)C1CCN(C(=O)NCCCN2CCCC2)CC1. The van der Waals surface area contributed by atoms with E-state index in [2.05, 4.69) is 15.2 Å². The number of hydrogen-bond acceptors (Lipinski definition) is 4. The summed E-state index contributed by atoms with van der Waals surface area (Å²) >= 11 is 0. The predicted molar refractivity (Wildman–Crippen MR) is 96.2 cm³/mol. The monoisotopic (exact) mass is 349 g/mol. The van der Waals surface area contributed by atoms with E-state index >= 15 is 0 Å². The van der Waals surface area contributed by atoms with Gasteiger partial charge in [-0.15, -0.1) is 0 Å². The summed E-state index contributed by atoms with van der Waals surface area (Å²) in [4.78, 5) is 20.9. The molecule has 0 aliphatic carbocycles. The van der Waals surface area contributed by atoms with E-state index in [9.17, 15) is 9.90 Å². The van der Waals surface area contributed by atoms with E-state index in [1.807, 2.05) is 22.7 Å². The molecule has 25 heavy (non-hydrogen) atoms. The number of rotatable bonds is 6. The number of imidazole rings is 1. The summed E-state index contributed by atoms with van der Waals surface area (Å²) in [6.45, 7) is 5.64. The minimum atomic E-state index is -0.550. The molecule has 2 N–H and O–H groups in total. The van der Waals surface area contributed by atoms with Crippen LogP contribution in [0.4, 0.5) is 4.79 Å². The summed E-state index contributed by atoms with van der Waals surface area (Å²) in [5.74, 6) is 0.880. The van der Waals surface area contributed by atoms with Crippen molar-refractivity contribution in [3.05, 3.63) is 18.2 Å². The Balaban J connectivity index is 1.35. The smallest absolute Gasteiger partial charge is 0.317 e. The number of nitrogens with one attached hydrogen (secondary N) is 1. The van der Waals surface area contributed by atoms with Crippen molar-refractivity contribution >= 4 is 6.03 Å². The Labute approximate surface area is 150 Å². The molecule has 0 radical (unpaired) electrons. The first-order valence-corrected chi connectivity index (χ1v) is 9.55. The van der Waals surface area contributed by atoms with Crippen molar-refractivity contribution in [1.82, 2.24) is 24.7 Å². The number of hydrogen-bond donors (Lipinski definition) is 2. The fourth-order valence-corrected chi connectivity index (χ4v) is 3.91. The van der Waals surface area contributed by atoms with Gasteiger partial charge in [-0.05, 0) is 57.7 Å². The van der Waals surface area contributed by atoms with Crippen molar-refractivity contribution in [1.29, 1.82) is 0 Å². The summed E-state index contributed by atoms with van der Waals surface area (Å²) in [6.07, 6.45) is 8.28. The second-order valence-corrected chi connectivity index (χ2v) is 7.30. The van der Waals surface area contributed by atoms with Crippen molar-refractivity contribution < 1.29 is 9.90 Å². The first-order chi connectivity index (χ1) is 12.1. The van der Waals surface area contributed by atoms with Crippen molar-refractivity contribution in [2.45, 2.75) is 38.2 Å². The molecule has 0 unspecified atom stereocenters. The van der Waals surface area contributed by atoms with E-state index in [1.54, 1.807) is 6.20 Å². The molecule has 0 saturated carbocycles. The van der Waals surface area contributed by atoms with Gasteiger partial charge in [-0.25, -0.2) is 9.78 Å². The van der Waals surface area contributed by atoms with Crippen molar-refractivity contribution in [3.8, 4) is 0 Å². The Hall–Kier alpha value is -1.60. The third-order valence-corrected chi connectivity index (χ3v) is 5.52. The third-order valence-electron chi connectivity index (χ3n) is 5.52. The lowest BCUT2D eigenvalue weighted by Gasteiger charge is -2.34. The molecule has 2 aliphatic rings. The maximum absolute atomic E-state index is 12.3. The van der Waals surface area contributed by atoms with Gasteiger partial charge in [-0.2, -0.15) is 0 Å². The summed E-state index contributed by atoms with van der Waals surface area (Å²) in [7, 11) is 1.90. The standard InChI is InChI=1S/C18H31N5O2/c1-21-14-8-19-17(21)16(24)15-5-12-23(13-6-15)18(25)20-7-4-11-22-9-2-3-10-22/h8,14-16,24H,2-7,9-13H2,1H3,(H,20,25)/t16-/m1/s1. The zero-order chi connectivity index (χ0) is 17.6. The van der Waals surface area contributed by atoms with Gasteiger partial charge in [0.15, 0.2) is 0 Å².